The molecule has 0 fully saturated rings. The van der Waals surface area contributed by atoms with E-state index in [1.54, 1.807) is 12.1 Å². The van der Waals surface area contributed by atoms with Gasteiger partial charge in [0, 0.05) is 0 Å². The maximum absolute atomic E-state index is 12.4. The van der Waals surface area contributed by atoms with Gasteiger partial charge in [-0.15, -0.1) is 0 Å². The second kappa shape index (κ2) is 10.4. The van der Waals surface area contributed by atoms with Gasteiger partial charge in [-0.1, -0.05) is 32.9 Å². The first-order chi connectivity index (χ1) is 13.7. The number of benzene rings is 1. The van der Waals surface area contributed by atoms with Crippen molar-refractivity contribution >= 4 is 16.9 Å². The average molecular weight is 405 g/mol. The number of carbonyl (C=O) groups excluding carboxylic acids is 1. The minimum absolute atomic E-state index is 0.201. The van der Waals surface area contributed by atoms with E-state index in [1.165, 1.54) is 6.07 Å². The van der Waals surface area contributed by atoms with Crippen molar-refractivity contribution in [3.63, 3.8) is 0 Å². The van der Waals surface area contributed by atoms with Crippen molar-refractivity contribution in [3.05, 3.63) is 40.8 Å². The fourth-order valence-electron chi connectivity index (χ4n) is 3.10. The molecule has 160 valence electrons. The van der Waals surface area contributed by atoms with Crippen LogP contribution in [-0.2, 0) is 14.3 Å². The van der Waals surface area contributed by atoms with Gasteiger partial charge in [-0.3, -0.25) is 4.79 Å². The van der Waals surface area contributed by atoms with Gasteiger partial charge in [-0.2, -0.15) is 0 Å². The molecular weight excluding hydrogens is 372 g/mol. The second-order valence-corrected chi connectivity index (χ2v) is 8.27. The maximum Gasteiger partial charge on any atom is 0.339 e. The number of rotatable bonds is 11. The standard InChI is InChI=1S/C23H32O6/c1-16(2)14-17(3)23(4,5)22(25)28-13-11-26-10-12-27-20-15-21(24)29-19-9-7-6-8-18(19)20/h6-9,15-17H,10-14H2,1-5H3. The molecule has 0 saturated heterocycles. The fourth-order valence-corrected chi connectivity index (χ4v) is 3.10. The van der Waals surface area contributed by atoms with E-state index in [-0.39, 0.29) is 25.1 Å². The summed E-state index contributed by atoms with van der Waals surface area (Å²) in [5, 5.41) is 0.735. The van der Waals surface area contributed by atoms with E-state index in [2.05, 4.69) is 20.8 Å². The molecule has 0 saturated carbocycles. The first-order valence-electron chi connectivity index (χ1n) is 10.1. The van der Waals surface area contributed by atoms with Gasteiger partial charge in [0.25, 0.3) is 0 Å². The highest BCUT2D eigenvalue weighted by Crippen LogP contribution is 2.32. The Hall–Kier alpha value is -2.34. The number of fused-ring (bicyclic) bond motifs is 1. The number of hydrogen-bond acceptors (Lipinski definition) is 6. The van der Waals surface area contributed by atoms with Crippen molar-refractivity contribution in [2.45, 2.75) is 41.0 Å². The lowest BCUT2D eigenvalue weighted by molar-refractivity contribution is -0.158. The molecule has 0 aliphatic carbocycles. The van der Waals surface area contributed by atoms with E-state index >= 15 is 0 Å². The van der Waals surface area contributed by atoms with Gasteiger partial charge in [0.2, 0.25) is 0 Å². The Bertz CT molecular complexity index is 852. The van der Waals surface area contributed by atoms with E-state index in [0.717, 1.165) is 11.8 Å². The molecule has 1 aromatic carbocycles. The highest BCUT2D eigenvalue weighted by molar-refractivity contribution is 5.82. The van der Waals surface area contributed by atoms with Crippen molar-refractivity contribution in [1.82, 2.24) is 0 Å². The summed E-state index contributed by atoms with van der Waals surface area (Å²) in [6.07, 6.45) is 0.975. The van der Waals surface area contributed by atoms with Gasteiger partial charge in [0.15, 0.2) is 0 Å². The molecule has 0 spiro atoms. The maximum atomic E-state index is 12.4. The lowest BCUT2D eigenvalue weighted by Gasteiger charge is -2.30. The van der Waals surface area contributed by atoms with E-state index in [1.807, 2.05) is 26.0 Å². The van der Waals surface area contributed by atoms with E-state index in [0.29, 0.717) is 30.5 Å². The Kier molecular flexibility index (Phi) is 8.26. The highest BCUT2D eigenvalue weighted by atomic mass is 16.6. The predicted molar refractivity (Wildman–Crippen MR) is 112 cm³/mol. The molecule has 1 atom stereocenters. The van der Waals surface area contributed by atoms with Gasteiger partial charge in [-0.05, 0) is 44.2 Å². The van der Waals surface area contributed by atoms with Gasteiger partial charge >= 0.3 is 11.6 Å². The van der Waals surface area contributed by atoms with Crippen LogP contribution in [0.2, 0.25) is 0 Å². The third-order valence-electron chi connectivity index (χ3n) is 5.14. The van der Waals surface area contributed by atoms with E-state index < -0.39 is 11.0 Å². The topological polar surface area (TPSA) is 75.0 Å². The van der Waals surface area contributed by atoms with Crippen LogP contribution in [-0.4, -0.2) is 32.4 Å². The van der Waals surface area contributed by atoms with Gasteiger partial charge in [0.1, 0.15) is 24.5 Å². The van der Waals surface area contributed by atoms with E-state index in [9.17, 15) is 9.59 Å². The van der Waals surface area contributed by atoms with Crippen molar-refractivity contribution in [2.24, 2.45) is 17.3 Å². The third-order valence-corrected chi connectivity index (χ3v) is 5.14. The Labute approximate surface area is 172 Å². The molecule has 2 aromatic rings. The molecule has 1 unspecified atom stereocenters. The summed E-state index contributed by atoms with van der Waals surface area (Å²) in [6, 6.07) is 8.52. The van der Waals surface area contributed by atoms with Gasteiger partial charge < -0.3 is 18.6 Å². The molecule has 29 heavy (non-hydrogen) atoms. The zero-order chi connectivity index (χ0) is 21.4. The van der Waals surface area contributed by atoms with Gasteiger partial charge in [-0.25, -0.2) is 4.79 Å². The molecule has 2 rings (SSSR count). The summed E-state index contributed by atoms with van der Waals surface area (Å²) in [6.45, 7) is 11.3. The van der Waals surface area contributed by atoms with E-state index in [4.69, 9.17) is 18.6 Å². The predicted octanol–water partition coefficient (Wildman–Crippen LogP) is 4.44. The molecule has 0 amide bonds. The van der Waals surface area contributed by atoms with Crippen LogP contribution in [0.3, 0.4) is 0 Å². The number of para-hydroxylation sites is 1. The number of hydrogen-bond donors (Lipinski definition) is 0. The Morgan fingerprint density at radius 1 is 1.07 bits per heavy atom. The summed E-state index contributed by atoms with van der Waals surface area (Å²) in [4.78, 5) is 24.0. The zero-order valence-corrected chi connectivity index (χ0v) is 18.0. The quantitative estimate of drug-likeness (QED) is 0.313. The van der Waals surface area contributed by atoms with Crippen molar-refractivity contribution < 1.29 is 23.4 Å². The van der Waals surface area contributed by atoms with Crippen LogP contribution in [0, 0.1) is 17.3 Å². The van der Waals surface area contributed by atoms with Crippen LogP contribution in [0.15, 0.2) is 39.5 Å². The Morgan fingerprint density at radius 3 is 2.48 bits per heavy atom. The van der Waals surface area contributed by atoms with Crippen LogP contribution < -0.4 is 10.4 Å². The third kappa shape index (κ3) is 6.60. The molecule has 0 N–H and O–H groups in total. The largest absolute Gasteiger partial charge is 0.490 e. The number of esters is 1. The Morgan fingerprint density at radius 2 is 1.76 bits per heavy atom. The summed E-state index contributed by atoms with van der Waals surface area (Å²) < 4.78 is 21.7. The number of carbonyl (C=O) groups is 1. The van der Waals surface area contributed by atoms with Gasteiger partial charge in [0.05, 0.1) is 30.1 Å². The number of ether oxygens (including phenoxy) is 3. The van der Waals surface area contributed by atoms with Crippen molar-refractivity contribution in [3.8, 4) is 5.75 Å². The fraction of sp³-hybridized carbons (Fsp3) is 0.565. The SMILES string of the molecule is CC(C)CC(C)C(C)(C)C(=O)OCCOCCOc1cc(=O)oc2ccccc12. The average Bonchev–Trinajstić information content (AvgIpc) is 2.66. The lowest BCUT2D eigenvalue weighted by atomic mass is 9.76. The smallest absolute Gasteiger partial charge is 0.339 e. The Balaban J connectivity index is 1.70. The molecule has 0 aliphatic heterocycles. The van der Waals surface area contributed by atoms with Crippen LogP contribution >= 0.6 is 0 Å². The minimum atomic E-state index is -0.525. The first kappa shape index (κ1) is 22.9. The second-order valence-electron chi connectivity index (χ2n) is 8.27. The lowest BCUT2D eigenvalue weighted by Crippen LogP contribution is -2.34. The van der Waals surface area contributed by atoms with Crippen molar-refractivity contribution in [1.29, 1.82) is 0 Å². The van der Waals surface area contributed by atoms with Crippen LogP contribution in [0.1, 0.15) is 41.0 Å². The molecule has 1 heterocycles. The molecule has 1 aromatic heterocycles. The first-order valence-corrected chi connectivity index (χ1v) is 10.1. The molecule has 6 heteroatoms. The zero-order valence-electron chi connectivity index (χ0n) is 18.0. The normalized spacial score (nSPS) is 12.9. The summed E-state index contributed by atoms with van der Waals surface area (Å²) in [5.41, 5.74) is -0.499. The highest BCUT2D eigenvalue weighted by Gasteiger charge is 2.35. The van der Waals surface area contributed by atoms with Crippen LogP contribution in [0.5, 0.6) is 5.75 Å². The van der Waals surface area contributed by atoms with Crippen LogP contribution in [0.4, 0.5) is 0 Å². The summed E-state index contributed by atoms with van der Waals surface area (Å²) in [5.74, 6) is 1.04. The van der Waals surface area contributed by atoms with Crippen molar-refractivity contribution in [2.75, 3.05) is 26.4 Å². The molecular formula is C23H32O6. The molecule has 0 bridgehead atoms. The molecule has 0 aliphatic rings. The molecule has 0 radical (unpaired) electrons. The monoisotopic (exact) mass is 404 g/mol. The summed E-state index contributed by atoms with van der Waals surface area (Å²) in [7, 11) is 0. The molecule has 6 nitrogen and oxygen atoms in total. The van der Waals surface area contributed by atoms with Crippen LogP contribution in [0.25, 0.3) is 11.0 Å². The summed E-state index contributed by atoms with van der Waals surface area (Å²) >= 11 is 0. The minimum Gasteiger partial charge on any atom is -0.490 e.